The van der Waals surface area contributed by atoms with Gasteiger partial charge in [0.25, 0.3) is 5.91 Å². The van der Waals surface area contributed by atoms with Gasteiger partial charge in [0, 0.05) is 17.4 Å². The van der Waals surface area contributed by atoms with E-state index in [1.807, 2.05) is 0 Å². The number of carbonyl (C=O) groups excluding carboxylic acids is 2. The first-order valence-electron chi connectivity index (χ1n) is 5.73. The Hall–Kier alpha value is -2.57. The average molecular weight is 279 g/mol. The number of nitrogens with zero attached hydrogens (tertiary/aromatic N) is 2. The van der Waals surface area contributed by atoms with Crippen molar-refractivity contribution in [3.63, 3.8) is 0 Å². The van der Waals surface area contributed by atoms with E-state index in [0.717, 1.165) is 6.20 Å². The summed E-state index contributed by atoms with van der Waals surface area (Å²) >= 11 is 0. The maximum atomic E-state index is 12.3. The summed E-state index contributed by atoms with van der Waals surface area (Å²) in [6.07, 6.45) is 1.03. The van der Waals surface area contributed by atoms with Gasteiger partial charge in [0.1, 0.15) is 0 Å². The van der Waals surface area contributed by atoms with Gasteiger partial charge in [-0.15, -0.1) is 0 Å². The second-order valence-corrected chi connectivity index (χ2v) is 4.05. The van der Waals surface area contributed by atoms with Crippen molar-refractivity contribution >= 4 is 17.4 Å². The molecule has 2 aromatic rings. The summed E-state index contributed by atoms with van der Waals surface area (Å²) in [5, 5.41) is 5.96. The quantitative estimate of drug-likeness (QED) is 0.875. The molecule has 1 aromatic heterocycles. The van der Waals surface area contributed by atoms with Crippen molar-refractivity contribution in [2.24, 2.45) is 0 Å². The lowest BCUT2D eigenvalue weighted by molar-refractivity contribution is 0.0561. The predicted octanol–water partition coefficient (Wildman–Crippen LogP) is 2.73. The zero-order chi connectivity index (χ0) is 14.7. The minimum absolute atomic E-state index is 0.0847. The molecule has 0 radical (unpaired) electrons. The fraction of sp³-hybridized carbons (Fsp3) is 0.154. The van der Waals surface area contributed by atoms with Crippen LogP contribution < -0.4 is 5.32 Å². The van der Waals surface area contributed by atoms with Gasteiger partial charge in [0.15, 0.2) is 11.5 Å². The first-order chi connectivity index (χ1) is 9.47. The summed E-state index contributed by atoms with van der Waals surface area (Å²) in [7, 11) is 0. The number of benzene rings is 1. The zero-order valence-corrected chi connectivity index (χ0v) is 10.5. The Balaban J connectivity index is 2.08. The molecule has 0 bridgehead atoms. The summed E-state index contributed by atoms with van der Waals surface area (Å²) < 4.78 is 25.1. The summed E-state index contributed by atoms with van der Waals surface area (Å²) in [4.78, 5) is 22.9. The van der Waals surface area contributed by atoms with Crippen LogP contribution in [0, 0.1) is 0 Å². The minimum atomic E-state index is -2.79. The number of rotatable bonds is 4. The first-order valence-corrected chi connectivity index (χ1v) is 5.73. The highest BCUT2D eigenvalue weighted by atomic mass is 19.3. The number of alkyl halides is 2. The molecule has 0 aliphatic rings. The molecule has 104 valence electrons. The van der Waals surface area contributed by atoms with Crippen LogP contribution in [0.1, 0.15) is 34.3 Å². The Kier molecular flexibility index (Phi) is 3.88. The van der Waals surface area contributed by atoms with Crippen molar-refractivity contribution < 1.29 is 18.4 Å². The van der Waals surface area contributed by atoms with E-state index in [9.17, 15) is 18.4 Å². The van der Waals surface area contributed by atoms with E-state index in [0.29, 0.717) is 15.9 Å². The van der Waals surface area contributed by atoms with Gasteiger partial charge in [-0.2, -0.15) is 13.9 Å². The van der Waals surface area contributed by atoms with Gasteiger partial charge in [0.05, 0.1) is 0 Å². The van der Waals surface area contributed by atoms with Crippen LogP contribution in [0.25, 0.3) is 0 Å². The molecule has 0 unspecified atom stereocenters. The van der Waals surface area contributed by atoms with E-state index in [1.54, 1.807) is 24.3 Å². The van der Waals surface area contributed by atoms with E-state index in [-0.39, 0.29) is 11.5 Å². The van der Waals surface area contributed by atoms with Gasteiger partial charge >= 0.3 is 6.55 Å². The maximum Gasteiger partial charge on any atom is 0.333 e. The Morgan fingerprint density at radius 3 is 2.35 bits per heavy atom. The molecule has 1 N–H and O–H groups in total. The summed E-state index contributed by atoms with van der Waals surface area (Å²) in [5.41, 5.74) is 0.859. The van der Waals surface area contributed by atoms with Crippen LogP contribution in [0.3, 0.4) is 0 Å². The van der Waals surface area contributed by atoms with Crippen molar-refractivity contribution in [3.8, 4) is 0 Å². The number of anilines is 1. The summed E-state index contributed by atoms with van der Waals surface area (Å²) in [6, 6.07) is 7.44. The average Bonchev–Trinajstić information content (AvgIpc) is 2.89. The number of nitrogens with one attached hydrogen (secondary N) is 1. The minimum Gasteiger partial charge on any atom is -0.321 e. The number of halogens is 2. The van der Waals surface area contributed by atoms with E-state index >= 15 is 0 Å². The number of ketones is 1. The second-order valence-electron chi connectivity index (χ2n) is 4.05. The number of hydrogen-bond donors (Lipinski definition) is 1. The second kappa shape index (κ2) is 5.60. The van der Waals surface area contributed by atoms with E-state index in [2.05, 4.69) is 10.4 Å². The lowest BCUT2D eigenvalue weighted by Crippen LogP contribution is -2.13. The highest BCUT2D eigenvalue weighted by molar-refractivity contribution is 6.03. The molecule has 2 rings (SSSR count). The van der Waals surface area contributed by atoms with Gasteiger partial charge in [-0.3, -0.25) is 9.59 Å². The fourth-order valence-corrected chi connectivity index (χ4v) is 1.55. The van der Waals surface area contributed by atoms with Gasteiger partial charge in [0.2, 0.25) is 0 Å². The monoisotopic (exact) mass is 279 g/mol. The largest absolute Gasteiger partial charge is 0.333 e. The molecule has 20 heavy (non-hydrogen) atoms. The molecule has 0 aliphatic carbocycles. The van der Waals surface area contributed by atoms with Crippen LogP contribution in [0.15, 0.2) is 36.5 Å². The van der Waals surface area contributed by atoms with Crippen LogP contribution >= 0.6 is 0 Å². The van der Waals surface area contributed by atoms with Gasteiger partial charge in [-0.1, -0.05) is 0 Å². The van der Waals surface area contributed by atoms with E-state index < -0.39 is 12.5 Å². The topological polar surface area (TPSA) is 64.0 Å². The van der Waals surface area contributed by atoms with Gasteiger partial charge < -0.3 is 5.32 Å². The number of Topliss-reactive ketones (excluding diaryl/α,β-unsaturated/α-hetero) is 1. The predicted molar refractivity (Wildman–Crippen MR) is 67.9 cm³/mol. The zero-order valence-electron chi connectivity index (χ0n) is 10.5. The molecule has 0 saturated heterocycles. The fourth-order valence-electron chi connectivity index (χ4n) is 1.55. The van der Waals surface area contributed by atoms with Crippen LogP contribution in [-0.4, -0.2) is 21.5 Å². The molecule has 1 heterocycles. The van der Waals surface area contributed by atoms with Crippen LogP contribution in [0.5, 0.6) is 0 Å². The lowest BCUT2D eigenvalue weighted by Gasteiger charge is -2.04. The van der Waals surface area contributed by atoms with Crippen molar-refractivity contribution in [1.29, 1.82) is 0 Å². The maximum absolute atomic E-state index is 12.3. The van der Waals surface area contributed by atoms with Crippen molar-refractivity contribution in [2.75, 3.05) is 5.32 Å². The van der Waals surface area contributed by atoms with E-state index in [1.165, 1.54) is 13.0 Å². The molecular weight excluding hydrogens is 268 g/mol. The van der Waals surface area contributed by atoms with Gasteiger partial charge in [-0.25, -0.2) is 4.68 Å². The standard InChI is InChI=1S/C13H11F2N3O2/c1-8(19)9-2-4-10(5-3-9)16-12(20)11-6-7-18(17-11)13(14)15/h2-7,13H,1H3,(H,16,20). The molecule has 0 atom stereocenters. The Morgan fingerprint density at radius 2 is 1.85 bits per heavy atom. The van der Waals surface area contributed by atoms with E-state index in [4.69, 9.17) is 0 Å². The molecule has 0 spiro atoms. The number of hydrogen-bond acceptors (Lipinski definition) is 3. The normalized spacial score (nSPS) is 10.6. The lowest BCUT2D eigenvalue weighted by atomic mass is 10.1. The Labute approximate surface area is 113 Å². The number of carbonyl (C=O) groups is 2. The molecular formula is C13H11F2N3O2. The Morgan fingerprint density at radius 1 is 1.20 bits per heavy atom. The molecule has 5 nitrogen and oxygen atoms in total. The number of aromatic nitrogens is 2. The summed E-state index contributed by atoms with van der Waals surface area (Å²) in [6.45, 7) is -1.35. The van der Waals surface area contributed by atoms with Crippen LogP contribution in [0.2, 0.25) is 0 Å². The molecule has 1 aromatic carbocycles. The summed E-state index contributed by atoms with van der Waals surface area (Å²) in [5.74, 6) is -0.682. The molecule has 0 aliphatic heterocycles. The highest BCUT2D eigenvalue weighted by Gasteiger charge is 2.13. The Bertz CT molecular complexity index is 635. The molecule has 0 saturated carbocycles. The molecule has 1 amide bonds. The number of amides is 1. The van der Waals surface area contributed by atoms with Crippen LogP contribution in [-0.2, 0) is 0 Å². The first kappa shape index (κ1) is 13.9. The van der Waals surface area contributed by atoms with Crippen molar-refractivity contribution in [2.45, 2.75) is 13.5 Å². The molecule has 0 fully saturated rings. The highest BCUT2D eigenvalue weighted by Crippen LogP contribution is 2.13. The van der Waals surface area contributed by atoms with Crippen molar-refractivity contribution in [1.82, 2.24) is 9.78 Å². The van der Waals surface area contributed by atoms with Crippen molar-refractivity contribution in [3.05, 3.63) is 47.8 Å². The van der Waals surface area contributed by atoms with Crippen LogP contribution in [0.4, 0.5) is 14.5 Å². The van der Waals surface area contributed by atoms with Gasteiger partial charge in [-0.05, 0) is 37.3 Å². The third-order valence-electron chi connectivity index (χ3n) is 2.59. The third kappa shape index (κ3) is 3.05. The smallest absolute Gasteiger partial charge is 0.321 e. The SMILES string of the molecule is CC(=O)c1ccc(NC(=O)c2ccn(C(F)F)n2)cc1. The third-order valence-corrected chi connectivity index (χ3v) is 2.59. The molecule has 7 heteroatoms.